The summed E-state index contributed by atoms with van der Waals surface area (Å²) in [7, 11) is 0. The summed E-state index contributed by atoms with van der Waals surface area (Å²) in [5.74, 6) is -2.78. The maximum atomic E-state index is 12.7. The van der Waals surface area contributed by atoms with Crippen LogP contribution in [-0.4, -0.2) is 60.3 Å². The Morgan fingerprint density at radius 3 is 2.60 bits per heavy atom. The topological polar surface area (TPSA) is 117 Å². The van der Waals surface area contributed by atoms with Crippen LogP contribution in [0.4, 0.5) is 0 Å². The molecule has 1 aromatic heterocycles. The first-order valence-electron chi connectivity index (χ1n) is 7.55. The summed E-state index contributed by atoms with van der Waals surface area (Å²) in [4.78, 5) is 54.2. The van der Waals surface area contributed by atoms with Gasteiger partial charge in [0, 0.05) is 16.3 Å². The molecule has 0 aromatic carbocycles. The zero-order valence-electron chi connectivity index (χ0n) is 13.8. The zero-order valence-corrected chi connectivity index (χ0v) is 15.4. The maximum absolute atomic E-state index is 12.7. The molecule has 0 aliphatic carbocycles. The molecule has 2 saturated heterocycles. The zero-order chi connectivity index (χ0) is 18.6. The second-order valence-electron chi connectivity index (χ2n) is 6.54. The molecule has 3 rings (SSSR count). The molecular weight excluding hydrogens is 366 g/mol. The van der Waals surface area contributed by atoms with Gasteiger partial charge in [-0.25, -0.2) is 9.78 Å². The van der Waals surface area contributed by atoms with Gasteiger partial charge in [0.2, 0.25) is 11.4 Å². The molecule has 2 fully saturated rings. The van der Waals surface area contributed by atoms with Crippen LogP contribution in [0, 0.1) is 0 Å². The molecule has 0 saturated carbocycles. The molecule has 2 amide bonds. The van der Waals surface area contributed by atoms with Gasteiger partial charge in [-0.05, 0) is 20.8 Å². The van der Waals surface area contributed by atoms with Crippen molar-refractivity contribution < 1.29 is 24.3 Å². The van der Waals surface area contributed by atoms with Gasteiger partial charge in [0.1, 0.15) is 16.4 Å². The molecule has 0 bridgehead atoms. The summed E-state index contributed by atoms with van der Waals surface area (Å²) in [5, 5.41) is 13.6. The maximum Gasteiger partial charge on any atom is 0.327 e. The molecule has 3 atom stereocenters. The number of fused-ring (bicyclic) bond motifs is 1. The molecule has 10 heteroatoms. The molecule has 134 valence electrons. The van der Waals surface area contributed by atoms with Crippen LogP contribution < -0.4 is 5.32 Å². The third-order valence-corrected chi connectivity index (χ3v) is 6.88. The lowest BCUT2D eigenvalue weighted by molar-refractivity contribution is -0.172. The number of aliphatic carboxylic acids is 1. The summed E-state index contributed by atoms with van der Waals surface area (Å²) in [6, 6.07) is -1.04. The number of rotatable bonds is 5. The number of hydrogen-bond acceptors (Lipinski definition) is 7. The summed E-state index contributed by atoms with van der Waals surface area (Å²) >= 11 is 2.52. The predicted octanol–water partition coefficient (Wildman–Crippen LogP) is 0.277. The number of thioether (sulfide) groups is 1. The number of β-lactam (4-membered cyclic amide) rings is 1. The Balaban J connectivity index is 1.87. The number of amides is 2. The van der Waals surface area contributed by atoms with E-state index in [4.69, 9.17) is 0 Å². The van der Waals surface area contributed by atoms with Crippen molar-refractivity contribution in [1.29, 1.82) is 0 Å². The molecule has 1 aromatic rings. The number of carbonyl (C=O) groups excluding carboxylic acids is 3. The Kier molecular flexibility index (Phi) is 4.15. The van der Waals surface area contributed by atoms with Gasteiger partial charge in [-0.15, -0.1) is 23.1 Å². The molecule has 2 N–H and O–H groups in total. The Hall–Kier alpha value is -1.94. The lowest BCUT2D eigenvalue weighted by atomic mass is 9.81. The van der Waals surface area contributed by atoms with E-state index in [-0.39, 0.29) is 6.42 Å². The van der Waals surface area contributed by atoms with E-state index >= 15 is 0 Å². The van der Waals surface area contributed by atoms with Crippen molar-refractivity contribution in [1.82, 2.24) is 15.2 Å². The number of carboxylic acids is 1. The van der Waals surface area contributed by atoms with E-state index < -0.39 is 45.3 Å². The van der Waals surface area contributed by atoms with Crippen molar-refractivity contribution in [3.05, 3.63) is 16.6 Å². The third kappa shape index (κ3) is 2.54. The fourth-order valence-electron chi connectivity index (χ4n) is 3.33. The molecule has 0 radical (unpaired) electrons. The van der Waals surface area contributed by atoms with Crippen molar-refractivity contribution in [2.45, 2.75) is 48.9 Å². The highest BCUT2D eigenvalue weighted by molar-refractivity contribution is 8.01. The van der Waals surface area contributed by atoms with E-state index in [1.165, 1.54) is 34.9 Å². The molecule has 8 nitrogen and oxygen atoms in total. The normalized spacial score (nSPS) is 29.7. The van der Waals surface area contributed by atoms with Gasteiger partial charge in [-0.2, -0.15) is 0 Å². The molecule has 2 aliphatic heterocycles. The lowest BCUT2D eigenvalue weighted by Crippen LogP contribution is -2.82. The van der Waals surface area contributed by atoms with E-state index in [2.05, 4.69) is 10.3 Å². The number of carboxylic acid groups (broad SMARTS) is 1. The molecular formula is C15H17N3O5S2. The first-order valence-corrected chi connectivity index (χ1v) is 9.31. The van der Waals surface area contributed by atoms with Crippen molar-refractivity contribution >= 4 is 46.7 Å². The fraction of sp³-hybridized carbons (Fsp3) is 0.533. The number of nitrogens with zero attached hydrogens (tertiary/aromatic N) is 2. The standard InChI is InChI=1S/C15H17N3O5S2/c1-7(19)15(17-8(20)6-9-16-4-5-24-9)12(23)18-10(11(21)22)14(2,3)25-13(15)18/h4-5,10,13H,6H2,1-3H3,(H,17,20)(H,21,22)/t10-,13+,15-/m0/s1. The number of aromatic nitrogens is 1. The van der Waals surface area contributed by atoms with Crippen molar-refractivity contribution in [2.24, 2.45) is 0 Å². The highest BCUT2D eigenvalue weighted by atomic mass is 32.2. The van der Waals surface area contributed by atoms with Gasteiger partial charge >= 0.3 is 5.97 Å². The smallest absolute Gasteiger partial charge is 0.327 e. The number of Topliss-reactive ketones (excluding diaryl/α,β-unsaturated/α-hetero) is 1. The first kappa shape index (κ1) is 17.9. The first-order chi connectivity index (χ1) is 11.6. The van der Waals surface area contributed by atoms with Crippen LogP contribution in [0.15, 0.2) is 11.6 Å². The van der Waals surface area contributed by atoms with E-state index in [0.717, 1.165) is 0 Å². The van der Waals surface area contributed by atoms with E-state index in [9.17, 15) is 24.3 Å². The average Bonchev–Trinajstić information content (AvgIpc) is 3.08. The van der Waals surface area contributed by atoms with E-state index in [1.54, 1.807) is 25.4 Å². The van der Waals surface area contributed by atoms with Crippen LogP contribution in [0.2, 0.25) is 0 Å². The average molecular weight is 383 g/mol. The van der Waals surface area contributed by atoms with E-state index in [0.29, 0.717) is 5.01 Å². The van der Waals surface area contributed by atoms with E-state index in [1.807, 2.05) is 0 Å². The van der Waals surface area contributed by atoms with Gasteiger partial charge in [0.15, 0.2) is 5.78 Å². The largest absolute Gasteiger partial charge is 0.480 e. The monoisotopic (exact) mass is 383 g/mol. The minimum Gasteiger partial charge on any atom is -0.480 e. The van der Waals surface area contributed by atoms with Crippen molar-refractivity contribution in [3.63, 3.8) is 0 Å². The number of carbonyl (C=O) groups is 4. The summed E-state index contributed by atoms with van der Waals surface area (Å²) < 4.78 is -0.774. The van der Waals surface area contributed by atoms with Crippen LogP contribution in [0.1, 0.15) is 25.8 Å². The van der Waals surface area contributed by atoms with Gasteiger partial charge in [-0.3, -0.25) is 14.4 Å². The Bertz CT molecular complexity index is 763. The third-order valence-electron chi connectivity index (χ3n) is 4.47. The molecule has 0 unspecified atom stereocenters. The Morgan fingerprint density at radius 1 is 1.40 bits per heavy atom. The Morgan fingerprint density at radius 2 is 2.08 bits per heavy atom. The van der Waals surface area contributed by atoms with Crippen molar-refractivity contribution in [3.8, 4) is 0 Å². The summed E-state index contributed by atoms with van der Waals surface area (Å²) in [6.45, 7) is 4.66. The molecule has 25 heavy (non-hydrogen) atoms. The Labute approximate surface area is 152 Å². The highest BCUT2D eigenvalue weighted by Gasteiger charge is 2.74. The molecule has 2 aliphatic rings. The fourth-order valence-corrected chi connectivity index (χ4v) is 5.70. The van der Waals surface area contributed by atoms with Crippen LogP contribution in [0.5, 0.6) is 0 Å². The quantitative estimate of drug-likeness (QED) is 0.554. The SMILES string of the molecule is CC(=O)[C@]1(NC(=O)Cc2nccs2)C(=O)N2[C@@H](C(=O)O)C(C)(C)S[C@@H]21. The van der Waals surface area contributed by atoms with Crippen LogP contribution in [-0.2, 0) is 25.6 Å². The number of hydrogen-bond donors (Lipinski definition) is 2. The van der Waals surface area contributed by atoms with Gasteiger partial charge in [0.05, 0.1) is 6.42 Å². The second kappa shape index (κ2) is 5.80. The van der Waals surface area contributed by atoms with Crippen LogP contribution >= 0.6 is 23.1 Å². The van der Waals surface area contributed by atoms with Crippen LogP contribution in [0.3, 0.4) is 0 Å². The van der Waals surface area contributed by atoms with Crippen LogP contribution in [0.25, 0.3) is 0 Å². The molecule has 3 heterocycles. The second-order valence-corrected chi connectivity index (χ2v) is 9.26. The highest BCUT2D eigenvalue weighted by Crippen LogP contribution is 2.55. The summed E-state index contributed by atoms with van der Waals surface area (Å²) in [5.41, 5.74) is -1.71. The predicted molar refractivity (Wildman–Crippen MR) is 91.1 cm³/mol. The number of thiazole rings is 1. The van der Waals surface area contributed by atoms with Gasteiger partial charge < -0.3 is 15.3 Å². The number of nitrogens with one attached hydrogen (secondary N) is 1. The lowest BCUT2D eigenvalue weighted by Gasteiger charge is -2.51. The van der Waals surface area contributed by atoms with Gasteiger partial charge in [0.25, 0.3) is 5.91 Å². The number of ketones is 1. The van der Waals surface area contributed by atoms with Crippen molar-refractivity contribution in [2.75, 3.05) is 0 Å². The minimum atomic E-state index is -1.71. The minimum absolute atomic E-state index is 0.0386. The van der Waals surface area contributed by atoms with Gasteiger partial charge in [-0.1, -0.05) is 0 Å². The molecule has 0 spiro atoms. The summed E-state index contributed by atoms with van der Waals surface area (Å²) in [6.07, 6.45) is 1.53.